The van der Waals surface area contributed by atoms with Crippen molar-refractivity contribution in [3.05, 3.63) is 65.5 Å². The predicted octanol–water partition coefficient (Wildman–Crippen LogP) is 2.39. The van der Waals surface area contributed by atoms with Crippen LogP contribution in [0.4, 0.5) is 10.3 Å². The van der Waals surface area contributed by atoms with Crippen LogP contribution in [-0.4, -0.2) is 32.3 Å². The summed E-state index contributed by atoms with van der Waals surface area (Å²) in [6, 6.07) is 7.94. The van der Waals surface area contributed by atoms with Gasteiger partial charge in [-0.05, 0) is 41.3 Å². The van der Waals surface area contributed by atoms with E-state index in [2.05, 4.69) is 15.0 Å². The van der Waals surface area contributed by atoms with Gasteiger partial charge in [-0.2, -0.15) is 0 Å². The Morgan fingerprint density at radius 3 is 2.84 bits per heavy atom. The Balaban J connectivity index is 1.55. The molecule has 2 aromatic heterocycles. The minimum Gasteiger partial charge on any atom is -0.368 e. The number of H-pyrrole nitrogens is 1. The molecule has 7 heteroatoms. The van der Waals surface area contributed by atoms with Gasteiger partial charge in [0, 0.05) is 18.9 Å². The van der Waals surface area contributed by atoms with Gasteiger partial charge in [-0.3, -0.25) is 4.79 Å². The largest absolute Gasteiger partial charge is 0.368 e. The van der Waals surface area contributed by atoms with Crippen molar-refractivity contribution in [3.8, 4) is 11.1 Å². The minimum absolute atomic E-state index is 0.101. The summed E-state index contributed by atoms with van der Waals surface area (Å²) in [6.07, 6.45) is 4.17. The Morgan fingerprint density at radius 2 is 2.04 bits per heavy atom. The van der Waals surface area contributed by atoms with E-state index in [1.807, 2.05) is 0 Å². The Labute approximate surface area is 143 Å². The summed E-state index contributed by atoms with van der Waals surface area (Å²) in [4.78, 5) is 25.7. The number of benzene rings is 1. The molecule has 4 rings (SSSR count). The smallest absolute Gasteiger partial charge is 0.270 e. The lowest BCUT2D eigenvalue weighted by molar-refractivity contribution is 0.0726. The van der Waals surface area contributed by atoms with Gasteiger partial charge in [-0.1, -0.05) is 12.1 Å². The van der Waals surface area contributed by atoms with E-state index in [1.165, 1.54) is 12.1 Å². The topological polar surface area (TPSA) is 87.9 Å². The predicted molar refractivity (Wildman–Crippen MR) is 91.1 cm³/mol. The van der Waals surface area contributed by atoms with Gasteiger partial charge in [0.25, 0.3) is 5.91 Å². The molecule has 3 heterocycles. The highest BCUT2D eigenvalue weighted by atomic mass is 19.1. The summed E-state index contributed by atoms with van der Waals surface area (Å²) in [5.74, 6) is -0.174. The van der Waals surface area contributed by atoms with Crippen LogP contribution in [0.5, 0.6) is 0 Å². The number of fused-ring (bicyclic) bond motifs is 1. The first-order chi connectivity index (χ1) is 12.1. The van der Waals surface area contributed by atoms with Crippen molar-refractivity contribution < 1.29 is 9.18 Å². The first-order valence-electron chi connectivity index (χ1n) is 7.94. The van der Waals surface area contributed by atoms with E-state index in [1.54, 1.807) is 35.5 Å². The maximum Gasteiger partial charge on any atom is 0.270 e. The quantitative estimate of drug-likeness (QED) is 0.751. The van der Waals surface area contributed by atoms with E-state index in [0.717, 1.165) is 22.4 Å². The van der Waals surface area contributed by atoms with Crippen LogP contribution >= 0.6 is 0 Å². The summed E-state index contributed by atoms with van der Waals surface area (Å²) in [7, 11) is 0. The summed E-state index contributed by atoms with van der Waals surface area (Å²) in [6.45, 7) is 1.01. The number of nitrogens with zero attached hydrogens (tertiary/aromatic N) is 3. The molecule has 3 aromatic rings. The number of hydrogen-bond donors (Lipinski definition) is 2. The summed E-state index contributed by atoms with van der Waals surface area (Å²) in [5, 5.41) is 0. The van der Waals surface area contributed by atoms with Crippen molar-refractivity contribution in [2.45, 2.75) is 13.0 Å². The van der Waals surface area contributed by atoms with Crippen molar-refractivity contribution in [1.82, 2.24) is 19.9 Å². The molecule has 0 aliphatic carbocycles. The highest BCUT2D eigenvalue weighted by Gasteiger charge is 2.24. The number of aromatic amines is 1. The second-order valence-electron chi connectivity index (χ2n) is 5.99. The van der Waals surface area contributed by atoms with Crippen LogP contribution in [-0.2, 0) is 13.0 Å². The average molecular weight is 337 g/mol. The number of nitrogens with two attached hydrogens (primary N) is 1. The number of nitrogens with one attached hydrogen (secondary N) is 1. The van der Waals surface area contributed by atoms with E-state index in [9.17, 15) is 9.18 Å². The molecule has 0 fully saturated rings. The second kappa shape index (κ2) is 6.01. The monoisotopic (exact) mass is 337 g/mol. The molecule has 1 aliphatic heterocycles. The summed E-state index contributed by atoms with van der Waals surface area (Å²) >= 11 is 0. The third kappa shape index (κ3) is 2.96. The number of carbonyl (C=O) groups is 1. The molecule has 0 atom stereocenters. The summed E-state index contributed by atoms with van der Waals surface area (Å²) < 4.78 is 13.0. The van der Waals surface area contributed by atoms with Crippen LogP contribution < -0.4 is 5.73 Å². The minimum atomic E-state index is -0.288. The maximum absolute atomic E-state index is 13.0. The number of amides is 1. The number of anilines is 1. The van der Waals surface area contributed by atoms with Crippen LogP contribution in [0.3, 0.4) is 0 Å². The van der Waals surface area contributed by atoms with E-state index < -0.39 is 0 Å². The van der Waals surface area contributed by atoms with Crippen LogP contribution in [0.15, 0.2) is 42.7 Å². The molecule has 25 heavy (non-hydrogen) atoms. The average Bonchev–Trinajstić information content (AvgIpc) is 3.11. The van der Waals surface area contributed by atoms with Crippen molar-refractivity contribution >= 4 is 11.9 Å². The lowest BCUT2D eigenvalue weighted by Crippen LogP contribution is -2.36. The molecule has 6 nitrogen and oxygen atoms in total. The Hall–Kier alpha value is -3.22. The maximum atomic E-state index is 13.0. The normalized spacial score (nSPS) is 13.6. The summed E-state index contributed by atoms with van der Waals surface area (Å²) in [5.41, 5.74) is 9.63. The third-order valence-corrected chi connectivity index (χ3v) is 4.34. The molecule has 0 bridgehead atoms. The first kappa shape index (κ1) is 15.3. The van der Waals surface area contributed by atoms with E-state index in [-0.39, 0.29) is 17.7 Å². The lowest BCUT2D eigenvalue weighted by atomic mass is 10.1. The zero-order valence-electron chi connectivity index (χ0n) is 13.4. The fraction of sp³-hybridized carbons (Fsp3) is 0.167. The Morgan fingerprint density at radius 1 is 1.24 bits per heavy atom. The van der Waals surface area contributed by atoms with Gasteiger partial charge < -0.3 is 15.6 Å². The van der Waals surface area contributed by atoms with Crippen molar-refractivity contribution in [2.75, 3.05) is 12.3 Å². The molecular weight excluding hydrogens is 321 g/mol. The molecule has 0 saturated heterocycles. The van der Waals surface area contributed by atoms with Gasteiger partial charge in [0.05, 0.1) is 12.2 Å². The van der Waals surface area contributed by atoms with Crippen LogP contribution in [0.2, 0.25) is 0 Å². The fourth-order valence-electron chi connectivity index (χ4n) is 2.99. The zero-order chi connectivity index (χ0) is 17.4. The molecule has 126 valence electrons. The van der Waals surface area contributed by atoms with Gasteiger partial charge in [0.1, 0.15) is 11.5 Å². The highest BCUT2D eigenvalue weighted by Crippen LogP contribution is 2.23. The molecule has 1 aliphatic rings. The molecule has 1 amide bonds. The van der Waals surface area contributed by atoms with E-state index in [0.29, 0.717) is 25.2 Å². The van der Waals surface area contributed by atoms with Gasteiger partial charge in [0.15, 0.2) is 0 Å². The zero-order valence-corrected chi connectivity index (χ0v) is 13.4. The van der Waals surface area contributed by atoms with Gasteiger partial charge in [-0.15, -0.1) is 0 Å². The molecular formula is C18H16FN5O. The Kier molecular flexibility index (Phi) is 3.68. The lowest BCUT2D eigenvalue weighted by Gasteiger charge is -2.27. The van der Waals surface area contributed by atoms with Gasteiger partial charge >= 0.3 is 0 Å². The third-order valence-electron chi connectivity index (χ3n) is 4.34. The second-order valence-corrected chi connectivity index (χ2v) is 5.99. The first-order valence-corrected chi connectivity index (χ1v) is 7.94. The molecule has 0 radical (unpaired) electrons. The number of aromatic nitrogens is 3. The standard InChI is InChI=1S/C18H16FN5O/c19-14-3-1-11(2-4-14)13-7-15(21-9-13)17(25)24-6-5-12-8-22-18(20)23-16(12)10-24/h1-4,7-9,21H,5-6,10H2,(H2,20,22,23). The molecule has 0 saturated carbocycles. The number of rotatable bonds is 2. The molecule has 0 unspecified atom stereocenters. The number of nitrogen functional groups attached to an aromatic ring is 1. The van der Waals surface area contributed by atoms with Crippen LogP contribution in [0, 0.1) is 5.82 Å². The molecule has 0 spiro atoms. The van der Waals surface area contributed by atoms with Gasteiger partial charge in [0.2, 0.25) is 5.95 Å². The van der Waals surface area contributed by atoms with E-state index >= 15 is 0 Å². The van der Waals surface area contributed by atoms with E-state index in [4.69, 9.17) is 5.73 Å². The molecule has 3 N–H and O–H groups in total. The number of halogens is 1. The van der Waals surface area contributed by atoms with Crippen LogP contribution in [0.1, 0.15) is 21.7 Å². The Bertz CT molecular complexity index is 935. The van der Waals surface area contributed by atoms with Crippen LogP contribution in [0.25, 0.3) is 11.1 Å². The fourth-order valence-corrected chi connectivity index (χ4v) is 2.99. The highest BCUT2D eigenvalue weighted by molar-refractivity contribution is 5.94. The number of carbonyl (C=O) groups excluding carboxylic acids is 1. The SMILES string of the molecule is Nc1ncc2c(n1)CN(C(=O)c1cc(-c3ccc(F)cc3)c[nH]1)CC2. The van der Waals surface area contributed by atoms with Crippen molar-refractivity contribution in [3.63, 3.8) is 0 Å². The van der Waals surface area contributed by atoms with Gasteiger partial charge in [-0.25, -0.2) is 14.4 Å². The van der Waals surface area contributed by atoms with Crippen molar-refractivity contribution in [1.29, 1.82) is 0 Å². The van der Waals surface area contributed by atoms with Crippen molar-refractivity contribution in [2.24, 2.45) is 0 Å². The number of hydrogen-bond acceptors (Lipinski definition) is 4. The molecule has 1 aromatic carbocycles.